The third-order valence-corrected chi connectivity index (χ3v) is 4.89. The van der Waals surface area contributed by atoms with E-state index in [9.17, 15) is 9.90 Å². The summed E-state index contributed by atoms with van der Waals surface area (Å²) in [6, 6.07) is 10.3. The summed E-state index contributed by atoms with van der Waals surface area (Å²) in [5.41, 5.74) is 1.25. The molecule has 1 N–H and O–H groups in total. The number of likely N-dealkylation sites (tertiary alicyclic amines) is 1. The maximum Gasteiger partial charge on any atom is 0.239 e. The lowest BCUT2D eigenvalue weighted by Crippen LogP contribution is -2.56. The van der Waals surface area contributed by atoms with Gasteiger partial charge in [-0.2, -0.15) is 0 Å². The summed E-state index contributed by atoms with van der Waals surface area (Å²) in [6.45, 7) is 2.72. The Morgan fingerprint density at radius 3 is 2.62 bits per heavy atom. The summed E-state index contributed by atoms with van der Waals surface area (Å²) in [7, 11) is 1.87. The number of aliphatic hydroxyl groups excluding tert-OH is 1. The van der Waals surface area contributed by atoms with E-state index in [0.29, 0.717) is 6.54 Å². The van der Waals surface area contributed by atoms with Crippen LogP contribution >= 0.6 is 0 Å². The van der Waals surface area contributed by atoms with Crippen molar-refractivity contribution < 1.29 is 9.90 Å². The summed E-state index contributed by atoms with van der Waals surface area (Å²) < 4.78 is 0. The molecule has 1 aliphatic heterocycles. The zero-order valence-electron chi connectivity index (χ0n) is 12.7. The molecule has 2 fully saturated rings. The van der Waals surface area contributed by atoms with Gasteiger partial charge in [0.1, 0.15) is 0 Å². The van der Waals surface area contributed by atoms with Crippen LogP contribution in [0.4, 0.5) is 0 Å². The number of hydrogen-bond donors (Lipinski definition) is 1. The number of likely N-dealkylation sites (N-methyl/N-ethyl adjacent to an activating group) is 1. The molecule has 1 unspecified atom stereocenters. The molecule has 4 nitrogen and oxygen atoms in total. The number of rotatable bonds is 6. The van der Waals surface area contributed by atoms with Crippen LogP contribution in [0, 0.1) is 5.41 Å². The highest BCUT2D eigenvalue weighted by molar-refractivity contribution is 5.82. The third-order valence-electron chi connectivity index (χ3n) is 4.89. The van der Waals surface area contributed by atoms with Crippen molar-refractivity contribution in [3.05, 3.63) is 35.9 Å². The van der Waals surface area contributed by atoms with Gasteiger partial charge in [-0.15, -0.1) is 0 Å². The predicted molar refractivity (Wildman–Crippen MR) is 81.6 cm³/mol. The molecule has 1 saturated carbocycles. The Morgan fingerprint density at radius 1 is 1.38 bits per heavy atom. The highest BCUT2D eigenvalue weighted by atomic mass is 16.3. The Bertz CT molecular complexity index is 499. The molecule has 1 amide bonds. The van der Waals surface area contributed by atoms with E-state index >= 15 is 0 Å². The topological polar surface area (TPSA) is 43.8 Å². The number of hydrogen-bond acceptors (Lipinski definition) is 3. The van der Waals surface area contributed by atoms with Crippen molar-refractivity contribution in [2.24, 2.45) is 5.41 Å². The van der Waals surface area contributed by atoms with Crippen LogP contribution in [-0.4, -0.2) is 53.6 Å². The van der Waals surface area contributed by atoms with Gasteiger partial charge in [-0.1, -0.05) is 30.3 Å². The van der Waals surface area contributed by atoms with E-state index in [1.807, 2.05) is 30.1 Å². The van der Waals surface area contributed by atoms with Crippen LogP contribution in [0.15, 0.2) is 30.3 Å². The minimum Gasteiger partial charge on any atom is -0.396 e. The van der Waals surface area contributed by atoms with Gasteiger partial charge in [0, 0.05) is 32.1 Å². The van der Waals surface area contributed by atoms with Gasteiger partial charge in [0.25, 0.3) is 0 Å². The lowest BCUT2D eigenvalue weighted by molar-refractivity contribution is -0.141. The van der Waals surface area contributed by atoms with Crippen molar-refractivity contribution in [2.75, 3.05) is 26.7 Å². The monoisotopic (exact) mass is 288 g/mol. The Labute approximate surface area is 126 Å². The summed E-state index contributed by atoms with van der Waals surface area (Å²) in [6.07, 6.45) is 3.03. The first-order chi connectivity index (χ1) is 10.1. The number of nitrogens with zero attached hydrogens (tertiary/aromatic N) is 2. The number of aliphatic hydroxyl groups is 1. The fourth-order valence-electron chi connectivity index (χ4n) is 3.11. The van der Waals surface area contributed by atoms with Gasteiger partial charge in [-0.05, 0) is 24.8 Å². The lowest BCUT2D eigenvalue weighted by Gasteiger charge is -2.42. The Morgan fingerprint density at radius 2 is 2.10 bits per heavy atom. The van der Waals surface area contributed by atoms with Crippen LogP contribution < -0.4 is 0 Å². The molecular weight excluding hydrogens is 264 g/mol. The molecule has 21 heavy (non-hydrogen) atoms. The van der Waals surface area contributed by atoms with Crippen LogP contribution in [0.2, 0.25) is 0 Å². The average Bonchev–Trinajstić information content (AvgIpc) is 3.25. The van der Waals surface area contributed by atoms with Gasteiger partial charge >= 0.3 is 0 Å². The molecule has 1 saturated heterocycles. The van der Waals surface area contributed by atoms with Crippen LogP contribution in [0.5, 0.6) is 0 Å². The quantitative estimate of drug-likeness (QED) is 0.862. The van der Waals surface area contributed by atoms with E-state index in [0.717, 1.165) is 32.4 Å². The summed E-state index contributed by atoms with van der Waals surface area (Å²) >= 11 is 0. The maximum atomic E-state index is 12.5. The second-order valence-corrected chi connectivity index (χ2v) is 6.61. The normalized spacial score (nSPS) is 23.4. The van der Waals surface area contributed by atoms with Crippen molar-refractivity contribution in [1.82, 2.24) is 9.80 Å². The number of carbonyl (C=O) groups is 1. The van der Waals surface area contributed by atoms with Gasteiger partial charge in [0.05, 0.1) is 12.6 Å². The summed E-state index contributed by atoms with van der Waals surface area (Å²) in [5.74, 6) is 0.205. The standard InChI is InChI=1S/C17H24N2O2/c1-18(12-17(13-20)8-9-17)16(21)15-7-10-19(15)11-14-5-3-2-4-6-14/h2-6,15,20H,7-13H2,1H3. The first-order valence-corrected chi connectivity index (χ1v) is 7.77. The van der Waals surface area contributed by atoms with Gasteiger partial charge in [0.15, 0.2) is 0 Å². The average molecular weight is 288 g/mol. The van der Waals surface area contributed by atoms with Crippen LogP contribution in [0.1, 0.15) is 24.8 Å². The number of amides is 1. The van der Waals surface area contributed by atoms with E-state index in [1.165, 1.54) is 5.56 Å². The Kier molecular flexibility index (Phi) is 4.00. The molecule has 0 aromatic heterocycles. The van der Waals surface area contributed by atoms with E-state index < -0.39 is 0 Å². The van der Waals surface area contributed by atoms with E-state index in [4.69, 9.17) is 0 Å². The molecule has 1 heterocycles. The van der Waals surface area contributed by atoms with Crippen molar-refractivity contribution in [3.63, 3.8) is 0 Å². The molecule has 1 aromatic carbocycles. The van der Waals surface area contributed by atoms with Crippen molar-refractivity contribution in [2.45, 2.75) is 31.8 Å². The van der Waals surface area contributed by atoms with Gasteiger partial charge in [-0.25, -0.2) is 0 Å². The maximum absolute atomic E-state index is 12.5. The molecule has 4 heteroatoms. The molecule has 0 spiro atoms. The largest absolute Gasteiger partial charge is 0.396 e. The second kappa shape index (κ2) is 5.78. The Hall–Kier alpha value is -1.39. The molecule has 1 atom stereocenters. The highest BCUT2D eigenvalue weighted by Crippen LogP contribution is 2.45. The minimum absolute atomic E-state index is 0.00157. The van der Waals surface area contributed by atoms with Crippen LogP contribution in [0.3, 0.4) is 0 Å². The van der Waals surface area contributed by atoms with Crippen molar-refractivity contribution >= 4 is 5.91 Å². The zero-order chi connectivity index (χ0) is 14.9. The van der Waals surface area contributed by atoms with Crippen molar-refractivity contribution in [1.29, 1.82) is 0 Å². The minimum atomic E-state index is -0.00157. The first kappa shape index (κ1) is 14.5. The number of benzene rings is 1. The van der Waals surface area contributed by atoms with Gasteiger partial charge < -0.3 is 10.0 Å². The molecule has 0 radical (unpaired) electrons. The fourth-order valence-corrected chi connectivity index (χ4v) is 3.11. The second-order valence-electron chi connectivity index (χ2n) is 6.61. The molecule has 114 valence electrons. The summed E-state index contributed by atoms with van der Waals surface area (Å²) in [5, 5.41) is 9.40. The fraction of sp³-hybridized carbons (Fsp3) is 0.588. The first-order valence-electron chi connectivity index (χ1n) is 7.77. The SMILES string of the molecule is CN(CC1(CO)CC1)C(=O)C1CCN1Cc1ccccc1. The third kappa shape index (κ3) is 3.11. The van der Waals surface area contributed by atoms with Crippen molar-refractivity contribution in [3.8, 4) is 0 Å². The Balaban J connectivity index is 1.55. The molecule has 3 rings (SSSR count). The molecular formula is C17H24N2O2. The van der Waals surface area contributed by atoms with Gasteiger partial charge in [-0.3, -0.25) is 9.69 Å². The molecule has 1 aromatic rings. The smallest absolute Gasteiger partial charge is 0.239 e. The molecule has 0 bridgehead atoms. The lowest BCUT2D eigenvalue weighted by atomic mass is 9.99. The van der Waals surface area contributed by atoms with E-state index in [2.05, 4.69) is 17.0 Å². The highest BCUT2D eigenvalue weighted by Gasteiger charge is 2.45. The van der Waals surface area contributed by atoms with E-state index in [-0.39, 0.29) is 24.0 Å². The van der Waals surface area contributed by atoms with Crippen LogP contribution in [-0.2, 0) is 11.3 Å². The van der Waals surface area contributed by atoms with Crippen LogP contribution in [0.25, 0.3) is 0 Å². The van der Waals surface area contributed by atoms with E-state index in [1.54, 1.807) is 0 Å². The zero-order valence-corrected chi connectivity index (χ0v) is 12.7. The molecule has 2 aliphatic rings. The predicted octanol–water partition coefficient (Wildman–Crippen LogP) is 1.49. The summed E-state index contributed by atoms with van der Waals surface area (Å²) in [4.78, 5) is 16.6. The molecule has 1 aliphatic carbocycles. The van der Waals surface area contributed by atoms with Gasteiger partial charge in [0.2, 0.25) is 5.91 Å². The number of carbonyl (C=O) groups excluding carboxylic acids is 1.